The first-order chi connectivity index (χ1) is 8.00. The molecule has 0 fully saturated rings. The van der Waals surface area contributed by atoms with Crippen LogP contribution in [0.4, 0.5) is 5.69 Å². The Morgan fingerprint density at radius 1 is 1.41 bits per heavy atom. The van der Waals surface area contributed by atoms with Crippen LogP contribution in [0.25, 0.3) is 4.85 Å². The molecule has 0 aromatic heterocycles. The van der Waals surface area contributed by atoms with Gasteiger partial charge in [-0.05, 0) is 11.5 Å². The van der Waals surface area contributed by atoms with Gasteiger partial charge in [-0.15, -0.1) is 0 Å². The van der Waals surface area contributed by atoms with E-state index in [1.165, 1.54) is 0 Å². The van der Waals surface area contributed by atoms with E-state index in [4.69, 9.17) is 11.3 Å². The van der Waals surface area contributed by atoms with Crippen molar-refractivity contribution in [3.05, 3.63) is 41.2 Å². The van der Waals surface area contributed by atoms with Crippen LogP contribution < -0.4 is 0 Å². The number of rotatable bonds is 1. The second kappa shape index (κ2) is 4.21. The van der Waals surface area contributed by atoms with Crippen molar-refractivity contribution in [2.45, 2.75) is 26.8 Å². The number of ether oxygens (including phenoxy) is 1. The highest BCUT2D eigenvalue weighted by atomic mass is 16.5. The molecule has 3 heteroatoms. The predicted molar refractivity (Wildman–Crippen MR) is 68.4 cm³/mol. The highest BCUT2D eigenvalue weighted by Gasteiger charge is 2.30. The molecule has 0 bridgehead atoms. The second-order valence-corrected chi connectivity index (χ2v) is 5.29. The van der Waals surface area contributed by atoms with E-state index in [1.807, 2.05) is 18.2 Å². The van der Waals surface area contributed by atoms with E-state index in [2.05, 4.69) is 30.6 Å². The topological polar surface area (TPSA) is 25.9 Å². The first-order valence-corrected chi connectivity index (χ1v) is 5.69. The fraction of sp³-hybridized carbons (Fsp3) is 0.429. The average molecular weight is 228 g/mol. The maximum absolute atomic E-state index is 6.99. The van der Waals surface area contributed by atoms with Crippen molar-refractivity contribution in [3.63, 3.8) is 0 Å². The Morgan fingerprint density at radius 3 is 2.76 bits per heavy atom. The summed E-state index contributed by atoms with van der Waals surface area (Å²) in [5.41, 5.74) is 1.62. The molecule has 0 aliphatic carbocycles. The Kier molecular flexibility index (Phi) is 2.89. The maximum atomic E-state index is 6.99. The molecular formula is C14H16N2O. The Labute approximate surface area is 102 Å². The molecule has 17 heavy (non-hydrogen) atoms. The van der Waals surface area contributed by atoms with Gasteiger partial charge in [0.15, 0.2) is 5.69 Å². The van der Waals surface area contributed by atoms with Gasteiger partial charge in [0.1, 0.15) is 6.61 Å². The molecule has 0 saturated carbocycles. The first kappa shape index (κ1) is 11.7. The molecule has 0 N–H and O–H groups in total. The normalized spacial score (nSPS) is 19.4. The van der Waals surface area contributed by atoms with Gasteiger partial charge in [0, 0.05) is 5.56 Å². The van der Waals surface area contributed by atoms with Gasteiger partial charge in [0.25, 0.3) is 0 Å². The monoisotopic (exact) mass is 228 g/mol. The lowest BCUT2D eigenvalue weighted by Crippen LogP contribution is -2.25. The summed E-state index contributed by atoms with van der Waals surface area (Å²) < 4.78 is 5.62. The Balaban J connectivity index is 2.28. The minimum Gasteiger partial charge on any atom is -0.475 e. The van der Waals surface area contributed by atoms with Gasteiger partial charge in [-0.1, -0.05) is 39.0 Å². The molecule has 1 aromatic rings. The summed E-state index contributed by atoms with van der Waals surface area (Å²) in [6.07, 6.45) is 0. The van der Waals surface area contributed by atoms with Gasteiger partial charge in [0.2, 0.25) is 5.90 Å². The summed E-state index contributed by atoms with van der Waals surface area (Å²) in [5, 5.41) is 0. The SMILES string of the molecule is [C-]#[N+]c1cccc(C2=N[C@@H](C(C)(C)C)CO2)c1. The van der Waals surface area contributed by atoms with Crippen molar-refractivity contribution in [1.29, 1.82) is 0 Å². The lowest BCUT2D eigenvalue weighted by Gasteiger charge is -2.21. The first-order valence-electron chi connectivity index (χ1n) is 5.69. The zero-order valence-corrected chi connectivity index (χ0v) is 10.4. The molecule has 0 unspecified atom stereocenters. The minimum atomic E-state index is 0.110. The third kappa shape index (κ3) is 2.47. The summed E-state index contributed by atoms with van der Waals surface area (Å²) in [7, 11) is 0. The van der Waals surface area contributed by atoms with Crippen LogP contribution in [0.3, 0.4) is 0 Å². The summed E-state index contributed by atoms with van der Waals surface area (Å²) in [4.78, 5) is 8.01. The van der Waals surface area contributed by atoms with Crippen LogP contribution in [0.1, 0.15) is 26.3 Å². The summed E-state index contributed by atoms with van der Waals surface area (Å²) >= 11 is 0. The molecule has 3 nitrogen and oxygen atoms in total. The zero-order chi connectivity index (χ0) is 12.5. The second-order valence-electron chi connectivity index (χ2n) is 5.29. The smallest absolute Gasteiger partial charge is 0.215 e. The minimum absolute atomic E-state index is 0.110. The summed E-state index contributed by atoms with van der Waals surface area (Å²) in [6.45, 7) is 14.1. The largest absolute Gasteiger partial charge is 0.475 e. The average Bonchev–Trinajstić information content (AvgIpc) is 2.78. The molecular weight excluding hydrogens is 212 g/mol. The fourth-order valence-electron chi connectivity index (χ4n) is 1.68. The van der Waals surface area contributed by atoms with Gasteiger partial charge in [0.05, 0.1) is 12.6 Å². The van der Waals surface area contributed by atoms with Crippen molar-refractivity contribution in [2.75, 3.05) is 6.61 Å². The summed E-state index contributed by atoms with van der Waals surface area (Å²) in [6, 6.07) is 7.58. The zero-order valence-electron chi connectivity index (χ0n) is 10.4. The van der Waals surface area contributed by atoms with Crippen molar-refractivity contribution < 1.29 is 4.74 Å². The van der Waals surface area contributed by atoms with Crippen LogP contribution in [0.5, 0.6) is 0 Å². The van der Waals surface area contributed by atoms with Crippen molar-refractivity contribution in [1.82, 2.24) is 0 Å². The Bertz CT molecular complexity index is 492. The lowest BCUT2D eigenvalue weighted by molar-refractivity contribution is 0.236. The van der Waals surface area contributed by atoms with Crippen LogP contribution in [0, 0.1) is 12.0 Å². The van der Waals surface area contributed by atoms with Gasteiger partial charge in [-0.2, -0.15) is 0 Å². The van der Waals surface area contributed by atoms with E-state index in [0.717, 1.165) is 5.56 Å². The molecule has 1 atom stereocenters. The number of aliphatic imine (C=N–C) groups is 1. The van der Waals surface area contributed by atoms with E-state index < -0.39 is 0 Å². The standard InChI is InChI=1S/C14H16N2O/c1-14(2,3)12-9-17-13(16-12)10-6-5-7-11(8-10)15-4/h5-8,12H,9H2,1-3H3/t12-/m1/s1. The predicted octanol–water partition coefficient (Wildman–Crippen LogP) is 3.43. The van der Waals surface area contributed by atoms with Crippen molar-refractivity contribution >= 4 is 11.6 Å². The number of benzene rings is 1. The lowest BCUT2D eigenvalue weighted by atomic mass is 9.88. The number of nitrogens with zero attached hydrogens (tertiary/aromatic N) is 2. The van der Waals surface area contributed by atoms with E-state index in [0.29, 0.717) is 18.2 Å². The van der Waals surface area contributed by atoms with E-state index >= 15 is 0 Å². The van der Waals surface area contributed by atoms with E-state index in [9.17, 15) is 0 Å². The number of hydrogen-bond acceptors (Lipinski definition) is 2. The fourth-order valence-corrected chi connectivity index (χ4v) is 1.68. The molecule has 1 heterocycles. The molecule has 1 aliphatic heterocycles. The number of hydrogen-bond donors (Lipinski definition) is 0. The molecule has 1 aromatic carbocycles. The van der Waals surface area contributed by atoms with Gasteiger partial charge < -0.3 is 4.74 Å². The Hall–Kier alpha value is -1.82. The molecule has 0 radical (unpaired) electrons. The highest BCUT2D eigenvalue weighted by Crippen LogP contribution is 2.28. The van der Waals surface area contributed by atoms with Crippen molar-refractivity contribution in [3.8, 4) is 0 Å². The van der Waals surface area contributed by atoms with E-state index in [1.54, 1.807) is 6.07 Å². The van der Waals surface area contributed by atoms with Gasteiger partial charge >= 0.3 is 0 Å². The van der Waals surface area contributed by atoms with Gasteiger partial charge in [-0.25, -0.2) is 9.84 Å². The third-order valence-corrected chi connectivity index (χ3v) is 2.87. The van der Waals surface area contributed by atoms with Gasteiger partial charge in [-0.3, -0.25) is 0 Å². The maximum Gasteiger partial charge on any atom is 0.215 e. The Morgan fingerprint density at radius 2 is 2.18 bits per heavy atom. The molecule has 88 valence electrons. The molecule has 0 spiro atoms. The van der Waals surface area contributed by atoms with E-state index in [-0.39, 0.29) is 11.5 Å². The van der Waals surface area contributed by atoms with Crippen LogP contribution in [-0.4, -0.2) is 18.5 Å². The molecule has 0 amide bonds. The quantitative estimate of drug-likeness (QED) is 0.676. The highest BCUT2D eigenvalue weighted by molar-refractivity contribution is 5.96. The summed E-state index contributed by atoms with van der Waals surface area (Å²) in [5.74, 6) is 0.662. The van der Waals surface area contributed by atoms with Crippen LogP contribution >= 0.6 is 0 Å². The van der Waals surface area contributed by atoms with Crippen LogP contribution in [-0.2, 0) is 4.74 Å². The molecule has 0 saturated heterocycles. The van der Waals surface area contributed by atoms with Crippen LogP contribution in [0.2, 0.25) is 0 Å². The molecule has 2 rings (SSSR count). The van der Waals surface area contributed by atoms with Crippen molar-refractivity contribution in [2.24, 2.45) is 10.4 Å². The third-order valence-electron chi connectivity index (χ3n) is 2.87. The van der Waals surface area contributed by atoms with Crippen LogP contribution in [0.15, 0.2) is 29.3 Å². The molecule has 1 aliphatic rings.